The smallest absolute Gasteiger partial charge is 0.410 e. The third-order valence-electron chi connectivity index (χ3n) is 6.50. The van der Waals surface area contributed by atoms with Crippen LogP contribution in [-0.2, 0) is 24.1 Å². The first kappa shape index (κ1) is 26.8. The molecule has 1 saturated heterocycles. The maximum atomic E-state index is 12.3. The molecule has 5 rings (SSSR count). The minimum atomic E-state index is -0.477. The fourth-order valence-electron chi connectivity index (χ4n) is 4.67. The molecule has 0 atom stereocenters. The summed E-state index contributed by atoms with van der Waals surface area (Å²) < 4.78 is 11.0. The quantitative estimate of drug-likeness (QED) is 0.360. The van der Waals surface area contributed by atoms with Gasteiger partial charge in [0.25, 0.3) is 5.89 Å². The van der Waals surface area contributed by atoms with E-state index >= 15 is 0 Å². The molecule has 39 heavy (non-hydrogen) atoms. The van der Waals surface area contributed by atoms with Crippen LogP contribution in [0.3, 0.4) is 0 Å². The second-order valence-electron chi connectivity index (χ2n) is 11.6. The lowest BCUT2D eigenvalue weighted by molar-refractivity contribution is 0.0139. The third kappa shape index (κ3) is 7.00. The minimum Gasteiger partial charge on any atom is -0.444 e. The van der Waals surface area contributed by atoms with Crippen molar-refractivity contribution in [2.24, 2.45) is 5.92 Å². The Bertz CT molecular complexity index is 1430. The number of aromatic amines is 1. The van der Waals surface area contributed by atoms with E-state index in [0.29, 0.717) is 31.3 Å². The van der Waals surface area contributed by atoms with Gasteiger partial charge in [-0.1, -0.05) is 19.0 Å². The predicted molar refractivity (Wildman–Crippen MR) is 148 cm³/mol. The molecule has 0 unspecified atom stereocenters. The standard InChI is InChI=1S/C29H37N7O3/c1-19(2)14-26-33-27(39-34-26)21-6-7-23-24(16-21)32-25(31-23)17-22-15-20(8-9-30-22)18-35-10-12-36(13-11-35)28(37)38-29(3,4)5/h6-9,15-16,19H,10-14,17-18H2,1-5H3,(H,31,32). The van der Waals surface area contributed by atoms with Crippen LogP contribution in [-0.4, -0.2) is 72.8 Å². The number of piperazine rings is 1. The summed E-state index contributed by atoms with van der Waals surface area (Å²) in [5.41, 5.74) is 4.34. The number of amides is 1. The van der Waals surface area contributed by atoms with Gasteiger partial charge in [0.05, 0.1) is 11.0 Å². The number of carbonyl (C=O) groups excluding carboxylic acids is 1. The van der Waals surface area contributed by atoms with Gasteiger partial charge in [0.1, 0.15) is 11.4 Å². The van der Waals surface area contributed by atoms with E-state index in [2.05, 4.69) is 44.9 Å². The summed E-state index contributed by atoms with van der Waals surface area (Å²) in [6, 6.07) is 10.1. The van der Waals surface area contributed by atoms with Crippen LogP contribution in [0, 0.1) is 5.92 Å². The van der Waals surface area contributed by atoms with Gasteiger partial charge >= 0.3 is 6.09 Å². The number of fused-ring (bicyclic) bond motifs is 1. The number of nitrogens with zero attached hydrogens (tertiary/aromatic N) is 6. The second kappa shape index (κ2) is 11.1. The lowest BCUT2D eigenvalue weighted by Crippen LogP contribution is -2.49. The van der Waals surface area contributed by atoms with Crippen molar-refractivity contribution in [3.05, 3.63) is 59.4 Å². The summed E-state index contributed by atoms with van der Waals surface area (Å²) in [6.45, 7) is 13.7. The third-order valence-corrected chi connectivity index (χ3v) is 6.50. The van der Waals surface area contributed by atoms with Gasteiger partial charge in [-0.2, -0.15) is 4.98 Å². The zero-order chi connectivity index (χ0) is 27.6. The molecule has 1 amide bonds. The van der Waals surface area contributed by atoms with Crippen LogP contribution in [0.4, 0.5) is 4.79 Å². The highest BCUT2D eigenvalue weighted by atomic mass is 16.6. The molecule has 1 aromatic carbocycles. The van der Waals surface area contributed by atoms with Crippen LogP contribution < -0.4 is 0 Å². The summed E-state index contributed by atoms with van der Waals surface area (Å²) in [6.07, 6.45) is 3.00. The Morgan fingerprint density at radius 1 is 1.10 bits per heavy atom. The van der Waals surface area contributed by atoms with Gasteiger partial charge in [0.2, 0.25) is 0 Å². The van der Waals surface area contributed by atoms with Crippen LogP contribution in [0.1, 0.15) is 57.5 Å². The summed E-state index contributed by atoms with van der Waals surface area (Å²) >= 11 is 0. The van der Waals surface area contributed by atoms with E-state index in [1.807, 2.05) is 51.2 Å². The van der Waals surface area contributed by atoms with Crippen LogP contribution in [0.15, 0.2) is 41.1 Å². The highest BCUT2D eigenvalue weighted by molar-refractivity contribution is 5.80. The molecule has 1 N–H and O–H groups in total. The van der Waals surface area contributed by atoms with E-state index in [9.17, 15) is 4.79 Å². The fraction of sp³-hybridized carbons (Fsp3) is 0.483. The Morgan fingerprint density at radius 2 is 1.90 bits per heavy atom. The molecule has 1 fully saturated rings. The number of H-pyrrole nitrogens is 1. The van der Waals surface area contributed by atoms with E-state index < -0.39 is 5.60 Å². The van der Waals surface area contributed by atoms with Crippen molar-refractivity contribution >= 4 is 17.1 Å². The first-order chi connectivity index (χ1) is 18.6. The van der Waals surface area contributed by atoms with Crippen LogP contribution in [0.5, 0.6) is 0 Å². The maximum absolute atomic E-state index is 12.3. The Labute approximate surface area is 228 Å². The van der Waals surface area contributed by atoms with Crippen molar-refractivity contribution in [1.29, 1.82) is 0 Å². The zero-order valence-electron chi connectivity index (χ0n) is 23.4. The highest BCUT2D eigenvalue weighted by Crippen LogP contribution is 2.23. The first-order valence-corrected chi connectivity index (χ1v) is 13.6. The number of rotatable bonds is 7. The lowest BCUT2D eigenvalue weighted by atomic mass is 10.1. The second-order valence-corrected chi connectivity index (χ2v) is 11.6. The molecule has 0 spiro atoms. The lowest BCUT2D eigenvalue weighted by Gasteiger charge is -2.35. The molecule has 0 saturated carbocycles. The summed E-state index contributed by atoms with van der Waals surface area (Å²) in [7, 11) is 0. The van der Waals surface area contributed by atoms with Gasteiger partial charge in [-0.05, 0) is 62.6 Å². The van der Waals surface area contributed by atoms with Gasteiger partial charge in [0.15, 0.2) is 5.82 Å². The number of nitrogens with one attached hydrogen (secondary N) is 1. The van der Waals surface area contributed by atoms with Crippen molar-refractivity contribution in [3.63, 3.8) is 0 Å². The average molecular weight is 532 g/mol. The number of carbonyl (C=O) groups is 1. The van der Waals surface area contributed by atoms with Crippen LogP contribution >= 0.6 is 0 Å². The van der Waals surface area contributed by atoms with E-state index in [1.165, 1.54) is 5.56 Å². The molecule has 0 radical (unpaired) electrons. The van der Waals surface area contributed by atoms with Gasteiger partial charge in [-0.25, -0.2) is 9.78 Å². The van der Waals surface area contributed by atoms with Crippen molar-refractivity contribution in [3.8, 4) is 11.5 Å². The first-order valence-electron chi connectivity index (χ1n) is 13.6. The molecule has 0 bridgehead atoms. The Hall–Kier alpha value is -3.79. The van der Waals surface area contributed by atoms with Crippen LogP contribution in [0.2, 0.25) is 0 Å². The van der Waals surface area contributed by atoms with Gasteiger partial charge in [-0.3, -0.25) is 9.88 Å². The summed E-state index contributed by atoms with van der Waals surface area (Å²) in [5, 5.41) is 4.10. The van der Waals surface area contributed by atoms with Gasteiger partial charge in [0, 0.05) is 63.0 Å². The Kier molecular flexibility index (Phi) is 7.65. The number of hydrogen-bond donors (Lipinski definition) is 1. The number of pyridine rings is 1. The summed E-state index contributed by atoms with van der Waals surface area (Å²) in [4.78, 5) is 33.8. The van der Waals surface area contributed by atoms with E-state index in [4.69, 9.17) is 14.2 Å². The van der Waals surface area contributed by atoms with E-state index in [0.717, 1.165) is 60.0 Å². The normalized spacial score (nSPS) is 14.9. The van der Waals surface area contributed by atoms with Crippen molar-refractivity contribution in [1.82, 2.24) is 34.9 Å². The summed E-state index contributed by atoms with van der Waals surface area (Å²) in [5.74, 6) is 2.56. The molecule has 206 valence electrons. The van der Waals surface area contributed by atoms with Gasteiger partial charge < -0.3 is 19.1 Å². The molecular weight excluding hydrogens is 494 g/mol. The minimum absolute atomic E-state index is 0.237. The monoisotopic (exact) mass is 531 g/mol. The molecule has 1 aliphatic heterocycles. The molecule has 1 aliphatic rings. The average Bonchev–Trinajstić information content (AvgIpc) is 3.49. The molecule has 10 heteroatoms. The number of ether oxygens (including phenoxy) is 1. The zero-order valence-corrected chi connectivity index (χ0v) is 23.4. The highest BCUT2D eigenvalue weighted by Gasteiger charge is 2.26. The van der Waals surface area contributed by atoms with Crippen molar-refractivity contribution in [2.75, 3.05) is 26.2 Å². The van der Waals surface area contributed by atoms with Crippen molar-refractivity contribution in [2.45, 2.75) is 59.6 Å². The number of hydrogen-bond acceptors (Lipinski definition) is 8. The maximum Gasteiger partial charge on any atom is 0.410 e. The Balaban J connectivity index is 1.20. The van der Waals surface area contributed by atoms with E-state index in [-0.39, 0.29) is 6.09 Å². The largest absolute Gasteiger partial charge is 0.444 e. The van der Waals surface area contributed by atoms with E-state index in [1.54, 1.807) is 4.90 Å². The Morgan fingerprint density at radius 3 is 2.64 bits per heavy atom. The number of imidazole rings is 1. The molecular formula is C29H37N7O3. The van der Waals surface area contributed by atoms with Gasteiger partial charge in [-0.15, -0.1) is 0 Å². The molecule has 3 aromatic heterocycles. The molecule has 4 aromatic rings. The number of benzene rings is 1. The van der Waals surface area contributed by atoms with Crippen LogP contribution in [0.25, 0.3) is 22.5 Å². The fourth-order valence-corrected chi connectivity index (χ4v) is 4.67. The molecule has 4 heterocycles. The molecule has 0 aliphatic carbocycles. The van der Waals surface area contributed by atoms with Crippen molar-refractivity contribution < 1.29 is 14.1 Å². The molecule has 10 nitrogen and oxygen atoms in total. The SMILES string of the molecule is CC(C)Cc1noc(-c2ccc3nc(Cc4cc(CN5CCN(C(=O)OC(C)(C)C)CC5)ccn4)[nH]c3c2)n1. The number of aromatic nitrogens is 5. The topological polar surface area (TPSA) is 113 Å². The predicted octanol–water partition coefficient (Wildman–Crippen LogP) is 4.85.